The predicted molar refractivity (Wildman–Crippen MR) is 91.8 cm³/mol. The molecule has 0 aliphatic heterocycles. The van der Waals surface area contributed by atoms with Crippen LogP contribution in [0.1, 0.15) is 56.8 Å². The molecule has 0 bridgehead atoms. The molecular weight excluding hydrogens is 296 g/mol. The van der Waals surface area contributed by atoms with Gasteiger partial charge in [0.25, 0.3) is 0 Å². The Morgan fingerprint density at radius 1 is 1.08 bits per heavy atom. The average molecular weight is 320 g/mol. The summed E-state index contributed by atoms with van der Waals surface area (Å²) in [4.78, 5) is 13.0. The molecule has 0 N–H and O–H groups in total. The maximum absolute atomic E-state index is 13.0. The zero-order valence-electron chi connectivity index (χ0n) is 14.7. The average Bonchev–Trinajstić information content (AvgIpc) is 3.15. The van der Waals surface area contributed by atoms with Crippen LogP contribution in [0.3, 0.4) is 0 Å². The lowest BCUT2D eigenvalue weighted by Crippen LogP contribution is -2.29. The molecule has 0 heterocycles. The molecule has 2 aliphatic rings. The molecule has 3 rings (SSSR count). The summed E-state index contributed by atoms with van der Waals surface area (Å²) in [6.07, 6.45) is 3.60. The topological polar surface area (TPSA) is 64.7 Å². The quantitative estimate of drug-likeness (QED) is 0.738. The molecule has 1 aromatic carbocycles. The second-order valence-electron chi connectivity index (χ2n) is 8.49. The van der Waals surface area contributed by atoms with E-state index >= 15 is 0 Å². The van der Waals surface area contributed by atoms with Gasteiger partial charge in [0.15, 0.2) is 11.2 Å². The standard InChI is InChI=1S/C21H24N2O/c1-19(2,3)16-9-11-20(12-10-16)18(21(20,13-22)14-23)17(24)15-7-5-4-6-8-15/h4-8,16,18H,9-12H2,1-3H3/t16?,18-,20?/m0/s1. The largest absolute Gasteiger partial charge is 0.294 e. The number of carbonyl (C=O) groups is 1. The van der Waals surface area contributed by atoms with Gasteiger partial charge in [0, 0.05) is 11.0 Å². The molecule has 0 radical (unpaired) electrons. The van der Waals surface area contributed by atoms with E-state index in [1.807, 2.05) is 18.2 Å². The lowest BCUT2D eigenvalue weighted by atomic mass is 9.67. The Balaban J connectivity index is 1.90. The molecule has 3 nitrogen and oxygen atoms in total. The minimum atomic E-state index is -1.14. The Labute approximate surface area is 144 Å². The first kappa shape index (κ1) is 16.7. The van der Waals surface area contributed by atoms with Crippen LogP contribution in [0.4, 0.5) is 0 Å². The first-order valence-corrected chi connectivity index (χ1v) is 8.74. The van der Waals surface area contributed by atoms with Crippen molar-refractivity contribution in [1.82, 2.24) is 0 Å². The minimum Gasteiger partial charge on any atom is -0.294 e. The highest BCUT2D eigenvalue weighted by Crippen LogP contribution is 2.76. The van der Waals surface area contributed by atoms with Gasteiger partial charge in [0.2, 0.25) is 0 Å². The van der Waals surface area contributed by atoms with E-state index < -0.39 is 16.7 Å². The lowest BCUT2D eigenvalue weighted by Gasteiger charge is -2.38. The summed E-state index contributed by atoms with van der Waals surface area (Å²) in [5.41, 5.74) is -0.724. The number of rotatable bonds is 2. The fourth-order valence-corrected chi connectivity index (χ4v) is 4.87. The molecule has 2 fully saturated rings. The third-order valence-electron chi connectivity index (χ3n) is 6.46. The van der Waals surface area contributed by atoms with Gasteiger partial charge in [-0.2, -0.15) is 10.5 Å². The Hall–Kier alpha value is -2.13. The number of ketones is 1. The number of hydrogen-bond donors (Lipinski definition) is 0. The van der Waals surface area contributed by atoms with Crippen molar-refractivity contribution in [1.29, 1.82) is 10.5 Å². The van der Waals surface area contributed by atoms with Crippen LogP contribution >= 0.6 is 0 Å². The van der Waals surface area contributed by atoms with Crippen molar-refractivity contribution in [3.63, 3.8) is 0 Å². The Kier molecular flexibility index (Phi) is 3.80. The summed E-state index contributed by atoms with van der Waals surface area (Å²) < 4.78 is 0. The highest BCUT2D eigenvalue weighted by Gasteiger charge is 2.80. The van der Waals surface area contributed by atoms with E-state index in [9.17, 15) is 15.3 Å². The second-order valence-corrected chi connectivity index (χ2v) is 8.49. The van der Waals surface area contributed by atoms with E-state index in [2.05, 4.69) is 32.9 Å². The predicted octanol–water partition coefficient (Wildman–Crippen LogP) is 4.76. The molecular formula is C21H24N2O. The summed E-state index contributed by atoms with van der Waals surface area (Å²) in [5.74, 6) is 0.0857. The maximum Gasteiger partial charge on any atom is 0.169 e. The van der Waals surface area contributed by atoms with Crippen molar-refractivity contribution in [2.75, 3.05) is 0 Å². The SMILES string of the molecule is CC(C)(C)C1CCC2(CC1)[C@H](C(=O)c1ccccc1)C2(C#N)C#N. The molecule has 0 amide bonds. The summed E-state index contributed by atoms with van der Waals surface area (Å²) in [5, 5.41) is 19.5. The van der Waals surface area contributed by atoms with Crippen molar-refractivity contribution in [2.45, 2.75) is 46.5 Å². The third kappa shape index (κ3) is 2.19. The van der Waals surface area contributed by atoms with Gasteiger partial charge in [-0.25, -0.2) is 0 Å². The maximum atomic E-state index is 13.0. The Morgan fingerprint density at radius 2 is 1.62 bits per heavy atom. The molecule has 124 valence electrons. The van der Waals surface area contributed by atoms with E-state index in [-0.39, 0.29) is 11.2 Å². The molecule has 0 unspecified atom stereocenters. The van der Waals surface area contributed by atoms with E-state index in [0.29, 0.717) is 11.5 Å². The summed E-state index contributed by atoms with van der Waals surface area (Å²) in [7, 11) is 0. The number of Topliss-reactive ketones (excluding diaryl/α,β-unsaturated/α-hetero) is 1. The fourth-order valence-electron chi connectivity index (χ4n) is 4.87. The summed E-state index contributed by atoms with van der Waals surface area (Å²) >= 11 is 0. The van der Waals surface area contributed by atoms with Crippen LogP contribution in [0.15, 0.2) is 30.3 Å². The number of nitrogens with zero attached hydrogens (tertiary/aromatic N) is 2. The normalized spacial score (nSPS) is 31.0. The Bertz CT molecular complexity index is 708. The van der Waals surface area contributed by atoms with Crippen LogP contribution in [0.25, 0.3) is 0 Å². The van der Waals surface area contributed by atoms with Gasteiger partial charge in [0.05, 0.1) is 18.1 Å². The zero-order valence-corrected chi connectivity index (χ0v) is 14.7. The summed E-state index contributed by atoms with van der Waals surface area (Å²) in [6.45, 7) is 6.74. The molecule has 2 saturated carbocycles. The number of nitriles is 2. The van der Waals surface area contributed by atoms with Gasteiger partial charge < -0.3 is 0 Å². The van der Waals surface area contributed by atoms with Gasteiger partial charge in [-0.15, -0.1) is 0 Å². The zero-order chi connectivity index (χ0) is 17.6. The minimum absolute atomic E-state index is 0.0343. The highest BCUT2D eigenvalue weighted by atomic mass is 16.1. The van der Waals surface area contributed by atoms with Crippen LogP contribution in [-0.2, 0) is 0 Å². The third-order valence-corrected chi connectivity index (χ3v) is 6.46. The van der Waals surface area contributed by atoms with Gasteiger partial charge in [-0.3, -0.25) is 4.79 Å². The molecule has 24 heavy (non-hydrogen) atoms. The van der Waals surface area contributed by atoms with E-state index in [1.54, 1.807) is 12.1 Å². The molecule has 0 aromatic heterocycles. The highest BCUT2D eigenvalue weighted by molar-refractivity contribution is 6.02. The van der Waals surface area contributed by atoms with Gasteiger partial charge in [0.1, 0.15) is 0 Å². The van der Waals surface area contributed by atoms with Gasteiger partial charge in [-0.1, -0.05) is 51.1 Å². The molecule has 3 heteroatoms. The van der Waals surface area contributed by atoms with Crippen molar-refractivity contribution in [3.8, 4) is 12.1 Å². The van der Waals surface area contributed by atoms with Gasteiger partial charge in [-0.05, 0) is 37.0 Å². The van der Waals surface area contributed by atoms with E-state index in [1.165, 1.54) is 0 Å². The molecule has 2 aliphatic carbocycles. The molecule has 1 aromatic rings. The monoisotopic (exact) mass is 320 g/mol. The first-order valence-electron chi connectivity index (χ1n) is 8.74. The van der Waals surface area contributed by atoms with Crippen molar-refractivity contribution in [3.05, 3.63) is 35.9 Å². The van der Waals surface area contributed by atoms with E-state index in [0.717, 1.165) is 25.7 Å². The van der Waals surface area contributed by atoms with Gasteiger partial charge >= 0.3 is 0 Å². The first-order chi connectivity index (χ1) is 11.3. The molecule has 0 saturated heterocycles. The van der Waals surface area contributed by atoms with Crippen molar-refractivity contribution >= 4 is 5.78 Å². The van der Waals surface area contributed by atoms with Crippen LogP contribution in [0.5, 0.6) is 0 Å². The number of carbonyl (C=O) groups excluding carboxylic acids is 1. The number of benzene rings is 1. The van der Waals surface area contributed by atoms with Crippen LogP contribution in [0, 0.1) is 50.7 Å². The number of hydrogen-bond acceptors (Lipinski definition) is 3. The van der Waals surface area contributed by atoms with E-state index in [4.69, 9.17) is 0 Å². The Morgan fingerprint density at radius 3 is 2.08 bits per heavy atom. The molecule has 1 spiro atoms. The second kappa shape index (κ2) is 5.45. The van der Waals surface area contributed by atoms with Crippen LogP contribution in [0.2, 0.25) is 0 Å². The van der Waals surface area contributed by atoms with Crippen molar-refractivity contribution in [2.24, 2.45) is 28.1 Å². The van der Waals surface area contributed by atoms with Crippen LogP contribution < -0.4 is 0 Å². The fraction of sp³-hybridized carbons (Fsp3) is 0.571. The van der Waals surface area contributed by atoms with Crippen molar-refractivity contribution < 1.29 is 4.79 Å². The lowest BCUT2D eigenvalue weighted by molar-refractivity contribution is 0.0905. The smallest absolute Gasteiger partial charge is 0.169 e. The van der Waals surface area contributed by atoms with Crippen LogP contribution in [-0.4, -0.2) is 5.78 Å². The summed E-state index contributed by atoms with van der Waals surface area (Å²) in [6, 6.07) is 13.6. The molecule has 1 atom stereocenters.